The molecule has 1 aliphatic rings. The number of carbonyl (C=O) groups excluding carboxylic acids is 1. The molecule has 0 aromatic heterocycles. The molecule has 2 N–H and O–H groups in total. The molecule has 21 heavy (non-hydrogen) atoms. The summed E-state index contributed by atoms with van der Waals surface area (Å²) in [7, 11) is 0. The van der Waals surface area contributed by atoms with Crippen molar-refractivity contribution in [3.8, 4) is 5.75 Å². The van der Waals surface area contributed by atoms with Gasteiger partial charge in [0.25, 0.3) is 0 Å². The standard InChI is InChI=1S/C17H26N2O2/c1-11(2)19-16(20)12(3)18-10-13-6-7-15-14(8-13)9-17(4,5)21-15/h6-8,11-12,18H,9-10H2,1-5H3,(H,19,20). The zero-order valence-electron chi connectivity index (χ0n) is 13.6. The molecule has 0 saturated carbocycles. The van der Waals surface area contributed by atoms with Crippen LogP contribution in [0.3, 0.4) is 0 Å². The summed E-state index contributed by atoms with van der Waals surface area (Å²) in [5.74, 6) is 1.02. The number of hydrogen-bond acceptors (Lipinski definition) is 3. The average molecular weight is 290 g/mol. The van der Waals surface area contributed by atoms with Gasteiger partial charge in [-0.25, -0.2) is 0 Å². The smallest absolute Gasteiger partial charge is 0.237 e. The molecule has 4 heteroatoms. The molecule has 116 valence electrons. The fourth-order valence-corrected chi connectivity index (χ4v) is 2.55. The van der Waals surface area contributed by atoms with Crippen molar-refractivity contribution >= 4 is 5.91 Å². The topological polar surface area (TPSA) is 50.4 Å². The fraction of sp³-hybridized carbons (Fsp3) is 0.588. The van der Waals surface area contributed by atoms with E-state index in [0.29, 0.717) is 6.54 Å². The second-order valence-corrected chi connectivity index (χ2v) is 6.75. The van der Waals surface area contributed by atoms with Gasteiger partial charge in [-0.05, 0) is 51.8 Å². The van der Waals surface area contributed by atoms with Crippen LogP contribution in [0.4, 0.5) is 0 Å². The minimum Gasteiger partial charge on any atom is -0.487 e. The summed E-state index contributed by atoms with van der Waals surface area (Å²) in [6, 6.07) is 6.22. The summed E-state index contributed by atoms with van der Waals surface area (Å²) in [5, 5.41) is 6.17. The molecule has 0 aliphatic carbocycles. The zero-order chi connectivity index (χ0) is 15.6. The molecule has 1 unspecified atom stereocenters. The molecular weight excluding hydrogens is 264 g/mol. The molecule has 0 saturated heterocycles. The Morgan fingerprint density at radius 1 is 1.33 bits per heavy atom. The van der Waals surface area contributed by atoms with Crippen molar-refractivity contribution in [2.24, 2.45) is 0 Å². The van der Waals surface area contributed by atoms with Crippen molar-refractivity contribution in [2.75, 3.05) is 0 Å². The van der Waals surface area contributed by atoms with Gasteiger partial charge >= 0.3 is 0 Å². The monoisotopic (exact) mass is 290 g/mol. The number of rotatable bonds is 5. The first kappa shape index (κ1) is 15.8. The van der Waals surface area contributed by atoms with E-state index in [1.807, 2.05) is 26.8 Å². The predicted molar refractivity (Wildman–Crippen MR) is 84.4 cm³/mol. The molecule has 1 atom stereocenters. The van der Waals surface area contributed by atoms with Crippen molar-refractivity contribution in [3.05, 3.63) is 29.3 Å². The summed E-state index contributed by atoms with van der Waals surface area (Å²) >= 11 is 0. The van der Waals surface area contributed by atoms with Gasteiger partial charge in [-0.15, -0.1) is 0 Å². The van der Waals surface area contributed by atoms with Crippen LogP contribution in [-0.2, 0) is 17.8 Å². The van der Waals surface area contributed by atoms with Crippen molar-refractivity contribution < 1.29 is 9.53 Å². The van der Waals surface area contributed by atoms with Crippen molar-refractivity contribution in [2.45, 2.75) is 65.3 Å². The van der Waals surface area contributed by atoms with E-state index >= 15 is 0 Å². The molecule has 1 aliphatic heterocycles. The number of benzene rings is 1. The second kappa shape index (κ2) is 6.06. The van der Waals surface area contributed by atoms with Gasteiger partial charge in [0.1, 0.15) is 11.4 Å². The van der Waals surface area contributed by atoms with Gasteiger partial charge in [-0.1, -0.05) is 12.1 Å². The van der Waals surface area contributed by atoms with Crippen LogP contribution in [0.15, 0.2) is 18.2 Å². The maximum atomic E-state index is 11.9. The number of fused-ring (bicyclic) bond motifs is 1. The van der Waals surface area contributed by atoms with E-state index in [9.17, 15) is 4.79 Å². The number of amides is 1. The van der Waals surface area contributed by atoms with Gasteiger partial charge in [0.05, 0.1) is 6.04 Å². The molecule has 0 radical (unpaired) electrons. The first-order valence-electron chi connectivity index (χ1n) is 7.61. The van der Waals surface area contributed by atoms with Crippen LogP contribution in [0, 0.1) is 0 Å². The van der Waals surface area contributed by atoms with Crippen molar-refractivity contribution in [1.82, 2.24) is 10.6 Å². The SMILES string of the molecule is CC(C)NC(=O)C(C)NCc1ccc2c(c1)CC(C)(C)O2. The van der Waals surface area contributed by atoms with Crippen LogP contribution in [0.25, 0.3) is 0 Å². The third-order valence-corrected chi connectivity index (χ3v) is 3.56. The molecule has 0 fully saturated rings. The van der Waals surface area contributed by atoms with Crippen LogP contribution in [0.1, 0.15) is 45.7 Å². The lowest BCUT2D eigenvalue weighted by Crippen LogP contribution is -2.44. The van der Waals surface area contributed by atoms with Crippen LogP contribution in [0.2, 0.25) is 0 Å². The van der Waals surface area contributed by atoms with Gasteiger partial charge in [0.2, 0.25) is 5.91 Å². The maximum Gasteiger partial charge on any atom is 0.237 e. The largest absolute Gasteiger partial charge is 0.487 e. The third kappa shape index (κ3) is 4.21. The first-order chi connectivity index (χ1) is 9.77. The Labute approximate surface area is 127 Å². The van der Waals surface area contributed by atoms with E-state index in [0.717, 1.165) is 12.2 Å². The summed E-state index contributed by atoms with van der Waals surface area (Å²) in [5.41, 5.74) is 2.32. The quantitative estimate of drug-likeness (QED) is 0.875. The van der Waals surface area contributed by atoms with E-state index in [-0.39, 0.29) is 23.6 Å². The van der Waals surface area contributed by atoms with Crippen LogP contribution >= 0.6 is 0 Å². The second-order valence-electron chi connectivity index (χ2n) is 6.75. The van der Waals surface area contributed by atoms with E-state index in [4.69, 9.17) is 4.74 Å². The molecule has 1 amide bonds. The molecule has 4 nitrogen and oxygen atoms in total. The Kier molecular flexibility index (Phi) is 4.57. The summed E-state index contributed by atoms with van der Waals surface area (Å²) in [4.78, 5) is 11.9. The Morgan fingerprint density at radius 3 is 2.71 bits per heavy atom. The molecule has 0 bridgehead atoms. The maximum absolute atomic E-state index is 11.9. The zero-order valence-corrected chi connectivity index (χ0v) is 13.6. The Bertz CT molecular complexity index is 524. The lowest BCUT2D eigenvalue weighted by Gasteiger charge is -2.16. The highest BCUT2D eigenvalue weighted by molar-refractivity contribution is 5.81. The van der Waals surface area contributed by atoms with Crippen molar-refractivity contribution in [1.29, 1.82) is 0 Å². The van der Waals surface area contributed by atoms with Crippen molar-refractivity contribution in [3.63, 3.8) is 0 Å². The van der Waals surface area contributed by atoms with E-state index in [2.05, 4.69) is 36.6 Å². The van der Waals surface area contributed by atoms with Gasteiger partial charge in [0, 0.05) is 19.0 Å². The van der Waals surface area contributed by atoms with E-state index < -0.39 is 0 Å². The highest BCUT2D eigenvalue weighted by Crippen LogP contribution is 2.35. The predicted octanol–water partition coefficient (Wildman–Crippen LogP) is 2.40. The van der Waals surface area contributed by atoms with Crippen LogP contribution in [0.5, 0.6) is 5.75 Å². The summed E-state index contributed by atoms with van der Waals surface area (Å²) in [6.45, 7) is 10.7. The average Bonchev–Trinajstić information content (AvgIpc) is 2.67. The van der Waals surface area contributed by atoms with Crippen LogP contribution < -0.4 is 15.4 Å². The molecule has 1 aromatic carbocycles. The number of hydrogen-bond donors (Lipinski definition) is 2. The van der Waals surface area contributed by atoms with Gasteiger partial charge in [-0.3, -0.25) is 4.79 Å². The number of ether oxygens (including phenoxy) is 1. The lowest BCUT2D eigenvalue weighted by atomic mass is 10.0. The number of carbonyl (C=O) groups is 1. The fourth-order valence-electron chi connectivity index (χ4n) is 2.55. The molecular formula is C17H26N2O2. The summed E-state index contributed by atoms with van der Waals surface area (Å²) in [6.07, 6.45) is 0.930. The molecule has 2 rings (SSSR count). The summed E-state index contributed by atoms with van der Waals surface area (Å²) < 4.78 is 5.87. The van der Waals surface area contributed by atoms with Gasteiger partial charge in [0.15, 0.2) is 0 Å². The minimum absolute atomic E-state index is 0.0376. The lowest BCUT2D eigenvalue weighted by molar-refractivity contribution is -0.123. The Hall–Kier alpha value is -1.55. The van der Waals surface area contributed by atoms with Gasteiger partial charge < -0.3 is 15.4 Å². The molecule has 1 aromatic rings. The minimum atomic E-state index is -0.201. The van der Waals surface area contributed by atoms with E-state index in [1.54, 1.807) is 0 Å². The normalized spacial score (nSPS) is 17.2. The van der Waals surface area contributed by atoms with Crippen LogP contribution in [-0.4, -0.2) is 23.6 Å². The highest BCUT2D eigenvalue weighted by atomic mass is 16.5. The number of nitrogens with one attached hydrogen (secondary N) is 2. The van der Waals surface area contributed by atoms with Gasteiger partial charge in [-0.2, -0.15) is 0 Å². The molecule has 0 spiro atoms. The third-order valence-electron chi connectivity index (χ3n) is 3.56. The highest BCUT2D eigenvalue weighted by Gasteiger charge is 2.29. The molecule has 1 heterocycles. The van der Waals surface area contributed by atoms with E-state index in [1.165, 1.54) is 11.1 Å². The first-order valence-corrected chi connectivity index (χ1v) is 7.61. The Morgan fingerprint density at radius 2 is 2.05 bits per heavy atom. The Balaban J connectivity index is 1.92.